The molecular formula is C16H24N2O2. The Morgan fingerprint density at radius 3 is 2.95 bits per heavy atom. The molecule has 4 nitrogen and oxygen atoms in total. The average Bonchev–Trinajstić information content (AvgIpc) is 2.93. The third-order valence-corrected chi connectivity index (χ3v) is 3.67. The van der Waals surface area contributed by atoms with Gasteiger partial charge in [0.2, 0.25) is 0 Å². The van der Waals surface area contributed by atoms with Crippen molar-refractivity contribution in [3.63, 3.8) is 0 Å². The normalized spacial score (nSPS) is 19.6. The minimum Gasteiger partial charge on any atom is -0.385 e. The van der Waals surface area contributed by atoms with E-state index < -0.39 is 0 Å². The van der Waals surface area contributed by atoms with Crippen molar-refractivity contribution in [1.82, 2.24) is 5.32 Å². The molecule has 4 heteroatoms. The number of hydrogen-bond acceptors (Lipinski definition) is 3. The topological polar surface area (TPSA) is 50.4 Å². The number of hydrogen-bond donors (Lipinski definition) is 2. The van der Waals surface area contributed by atoms with Gasteiger partial charge in [0.1, 0.15) is 0 Å². The fourth-order valence-electron chi connectivity index (χ4n) is 2.57. The molecule has 2 atom stereocenters. The van der Waals surface area contributed by atoms with Gasteiger partial charge in [0.05, 0.1) is 17.7 Å². The van der Waals surface area contributed by atoms with Crippen molar-refractivity contribution in [3.05, 3.63) is 29.3 Å². The van der Waals surface area contributed by atoms with Crippen molar-refractivity contribution in [1.29, 1.82) is 0 Å². The molecule has 1 aliphatic rings. The van der Waals surface area contributed by atoms with E-state index >= 15 is 0 Å². The minimum absolute atomic E-state index is 0.0380. The summed E-state index contributed by atoms with van der Waals surface area (Å²) < 4.78 is 5.62. The number of carbonyl (C=O) groups excluding carboxylic acids is 1. The highest BCUT2D eigenvalue weighted by Crippen LogP contribution is 2.19. The van der Waals surface area contributed by atoms with E-state index in [4.69, 9.17) is 4.74 Å². The number of ether oxygens (including phenoxy) is 1. The lowest BCUT2D eigenvalue weighted by Gasteiger charge is -2.21. The first-order valence-corrected chi connectivity index (χ1v) is 7.38. The maximum absolute atomic E-state index is 12.4. The molecule has 1 aromatic rings. The molecule has 2 unspecified atom stereocenters. The van der Waals surface area contributed by atoms with Gasteiger partial charge in [-0.15, -0.1) is 0 Å². The summed E-state index contributed by atoms with van der Waals surface area (Å²) in [5, 5.41) is 6.30. The van der Waals surface area contributed by atoms with Crippen molar-refractivity contribution in [2.75, 3.05) is 18.5 Å². The summed E-state index contributed by atoms with van der Waals surface area (Å²) >= 11 is 0. The summed E-state index contributed by atoms with van der Waals surface area (Å²) in [6, 6.07) is 5.90. The molecule has 20 heavy (non-hydrogen) atoms. The van der Waals surface area contributed by atoms with Crippen LogP contribution in [0.25, 0.3) is 0 Å². The number of rotatable bonds is 5. The molecule has 0 bridgehead atoms. The molecule has 1 aliphatic heterocycles. The minimum atomic E-state index is -0.0380. The fourth-order valence-corrected chi connectivity index (χ4v) is 2.57. The molecule has 1 heterocycles. The Morgan fingerprint density at radius 2 is 2.30 bits per heavy atom. The molecule has 1 fully saturated rings. The Bertz CT molecular complexity index is 468. The van der Waals surface area contributed by atoms with E-state index in [0.717, 1.165) is 37.2 Å². The molecule has 1 amide bonds. The van der Waals surface area contributed by atoms with E-state index in [1.165, 1.54) is 0 Å². The van der Waals surface area contributed by atoms with Crippen LogP contribution in [0, 0.1) is 6.92 Å². The SMILES string of the molecule is CCNc1cc(C)ccc1C(=O)NC(C)C1CCCO1. The van der Waals surface area contributed by atoms with E-state index in [2.05, 4.69) is 10.6 Å². The molecule has 110 valence electrons. The smallest absolute Gasteiger partial charge is 0.253 e. The van der Waals surface area contributed by atoms with Gasteiger partial charge >= 0.3 is 0 Å². The standard InChI is InChI=1S/C16H24N2O2/c1-4-17-14-10-11(2)7-8-13(14)16(19)18-12(3)15-6-5-9-20-15/h7-8,10,12,15,17H,4-6,9H2,1-3H3,(H,18,19). The monoisotopic (exact) mass is 276 g/mol. The van der Waals surface area contributed by atoms with Crippen LogP contribution in [0.2, 0.25) is 0 Å². The number of nitrogens with one attached hydrogen (secondary N) is 2. The lowest BCUT2D eigenvalue weighted by Crippen LogP contribution is -2.41. The average molecular weight is 276 g/mol. The first-order chi connectivity index (χ1) is 9.61. The van der Waals surface area contributed by atoms with Crippen LogP contribution in [0.4, 0.5) is 5.69 Å². The summed E-state index contributed by atoms with van der Waals surface area (Å²) in [6.07, 6.45) is 2.25. The van der Waals surface area contributed by atoms with E-state index in [1.54, 1.807) is 0 Å². The van der Waals surface area contributed by atoms with Gasteiger partial charge in [-0.3, -0.25) is 4.79 Å². The lowest BCUT2D eigenvalue weighted by molar-refractivity contribution is 0.0713. The van der Waals surface area contributed by atoms with Crippen LogP contribution in [0.3, 0.4) is 0 Å². The number of benzene rings is 1. The predicted octanol–water partition coefficient (Wildman–Crippen LogP) is 2.72. The summed E-state index contributed by atoms with van der Waals surface area (Å²) in [7, 11) is 0. The highest BCUT2D eigenvalue weighted by Gasteiger charge is 2.24. The second-order valence-electron chi connectivity index (χ2n) is 5.39. The van der Waals surface area contributed by atoms with Gasteiger partial charge in [-0.1, -0.05) is 6.07 Å². The molecule has 1 saturated heterocycles. The lowest BCUT2D eigenvalue weighted by atomic mass is 10.1. The number of carbonyl (C=O) groups is 1. The van der Waals surface area contributed by atoms with Gasteiger partial charge in [-0.2, -0.15) is 0 Å². The van der Waals surface area contributed by atoms with E-state index in [-0.39, 0.29) is 18.1 Å². The maximum atomic E-state index is 12.4. The van der Waals surface area contributed by atoms with Crippen LogP contribution in [0.1, 0.15) is 42.6 Å². The van der Waals surface area contributed by atoms with Crippen molar-refractivity contribution in [2.45, 2.75) is 45.8 Å². The highest BCUT2D eigenvalue weighted by molar-refractivity contribution is 5.99. The molecule has 1 aromatic carbocycles. The van der Waals surface area contributed by atoms with Crippen molar-refractivity contribution in [3.8, 4) is 0 Å². The van der Waals surface area contributed by atoms with Gasteiger partial charge < -0.3 is 15.4 Å². The van der Waals surface area contributed by atoms with Crippen molar-refractivity contribution < 1.29 is 9.53 Å². The van der Waals surface area contributed by atoms with E-state index in [9.17, 15) is 4.79 Å². The van der Waals surface area contributed by atoms with Gasteiger partial charge in [0, 0.05) is 18.8 Å². The molecule has 0 radical (unpaired) electrons. The van der Waals surface area contributed by atoms with Crippen LogP contribution in [0.15, 0.2) is 18.2 Å². The zero-order valence-electron chi connectivity index (χ0n) is 12.5. The first-order valence-electron chi connectivity index (χ1n) is 7.38. The zero-order chi connectivity index (χ0) is 14.5. The second-order valence-corrected chi connectivity index (χ2v) is 5.39. The Labute approximate surface area is 120 Å². The number of amides is 1. The van der Waals surface area contributed by atoms with Crippen LogP contribution in [-0.4, -0.2) is 31.2 Å². The fraction of sp³-hybridized carbons (Fsp3) is 0.562. The Morgan fingerprint density at radius 1 is 1.50 bits per heavy atom. The van der Waals surface area contributed by atoms with Crippen LogP contribution >= 0.6 is 0 Å². The summed E-state index contributed by atoms with van der Waals surface area (Å²) in [5.41, 5.74) is 2.73. The number of aryl methyl sites for hydroxylation is 1. The predicted molar refractivity (Wildman–Crippen MR) is 81.2 cm³/mol. The molecule has 0 saturated carbocycles. The summed E-state index contributed by atoms with van der Waals surface area (Å²) in [4.78, 5) is 12.4. The van der Waals surface area contributed by atoms with Gasteiger partial charge in [0.15, 0.2) is 0 Å². The maximum Gasteiger partial charge on any atom is 0.253 e. The Hall–Kier alpha value is -1.55. The van der Waals surface area contributed by atoms with Crippen LogP contribution < -0.4 is 10.6 Å². The van der Waals surface area contributed by atoms with Gasteiger partial charge in [-0.05, 0) is 51.3 Å². The first kappa shape index (κ1) is 14.9. The van der Waals surface area contributed by atoms with E-state index in [1.807, 2.05) is 39.0 Å². The molecule has 2 rings (SSSR count). The van der Waals surface area contributed by atoms with Crippen molar-refractivity contribution >= 4 is 11.6 Å². The van der Waals surface area contributed by atoms with Crippen molar-refractivity contribution in [2.24, 2.45) is 0 Å². The molecule has 0 aromatic heterocycles. The Kier molecular flexibility index (Phi) is 5.01. The largest absolute Gasteiger partial charge is 0.385 e. The van der Waals surface area contributed by atoms with Crippen LogP contribution in [0.5, 0.6) is 0 Å². The second kappa shape index (κ2) is 6.75. The highest BCUT2D eigenvalue weighted by atomic mass is 16.5. The molecule has 2 N–H and O–H groups in total. The quantitative estimate of drug-likeness (QED) is 0.869. The summed E-state index contributed by atoms with van der Waals surface area (Å²) in [5.74, 6) is -0.0380. The van der Waals surface area contributed by atoms with Gasteiger partial charge in [0.25, 0.3) is 5.91 Å². The Balaban J connectivity index is 2.07. The zero-order valence-corrected chi connectivity index (χ0v) is 12.5. The van der Waals surface area contributed by atoms with Crippen LogP contribution in [-0.2, 0) is 4.74 Å². The van der Waals surface area contributed by atoms with Gasteiger partial charge in [-0.25, -0.2) is 0 Å². The third-order valence-electron chi connectivity index (χ3n) is 3.67. The van der Waals surface area contributed by atoms with E-state index in [0.29, 0.717) is 5.56 Å². The molecule has 0 spiro atoms. The molecule has 0 aliphatic carbocycles. The third kappa shape index (κ3) is 3.51. The number of anilines is 1. The summed E-state index contributed by atoms with van der Waals surface area (Å²) in [6.45, 7) is 7.66. The molecular weight excluding hydrogens is 252 g/mol.